The molecule has 0 spiro atoms. The molecule has 0 aromatic heterocycles. The van der Waals surface area contributed by atoms with Crippen LogP contribution in [0.5, 0.6) is 11.5 Å². The summed E-state index contributed by atoms with van der Waals surface area (Å²) in [6, 6.07) is 11.5. The predicted molar refractivity (Wildman–Crippen MR) is 109 cm³/mol. The van der Waals surface area contributed by atoms with Gasteiger partial charge < -0.3 is 20.1 Å². The molecular weight excluding hydrogens is 410 g/mol. The van der Waals surface area contributed by atoms with Crippen LogP contribution in [0.25, 0.3) is 0 Å². The zero-order chi connectivity index (χ0) is 21.3. The van der Waals surface area contributed by atoms with E-state index in [4.69, 9.17) is 21.1 Å². The Kier molecular flexibility index (Phi) is 5.26. The van der Waals surface area contributed by atoms with Gasteiger partial charge in [0.25, 0.3) is 5.91 Å². The summed E-state index contributed by atoms with van der Waals surface area (Å²) in [6.45, 7) is 1.57. The maximum absolute atomic E-state index is 13.2. The van der Waals surface area contributed by atoms with Crippen LogP contribution in [0.15, 0.2) is 42.5 Å². The third-order valence-corrected chi connectivity index (χ3v) is 5.42. The first-order valence-corrected chi connectivity index (χ1v) is 9.91. The third kappa shape index (κ3) is 3.43. The molecule has 2 aromatic carbocycles. The van der Waals surface area contributed by atoms with Gasteiger partial charge in [-0.2, -0.15) is 0 Å². The van der Waals surface area contributed by atoms with Gasteiger partial charge in [-0.3, -0.25) is 14.5 Å². The Balaban J connectivity index is 1.53. The molecule has 4 rings (SSSR count). The highest BCUT2D eigenvalue weighted by molar-refractivity contribution is 6.34. The number of ether oxygens (including phenoxy) is 2. The maximum Gasteiger partial charge on any atom is 0.325 e. The highest BCUT2D eigenvalue weighted by atomic mass is 35.5. The Labute approximate surface area is 178 Å². The van der Waals surface area contributed by atoms with Crippen LogP contribution in [-0.4, -0.2) is 36.1 Å². The molecule has 2 aromatic rings. The fraction of sp³-hybridized carbons (Fsp3) is 0.286. The first-order valence-electron chi connectivity index (χ1n) is 9.53. The van der Waals surface area contributed by atoms with Crippen LogP contribution in [0.1, 0.15) is 25.3 Å². The van der Waals surface area contributed by atoms with Gasteiger partial charge >= 0.3 is 6.03 Å². The number of nitrogens with one attached hydrogen (secondary N) is 2. The van der Waals surface area contributed by atoms with Crippen LogP contribution in [0, 0.1) is 0 Å². The quantitative estimate of drug-likeness (QED) is 0.687. The van der Waals surface area contributed by atoms with Crippen molar-refractivity contribution in [1.82, 2.24) is 10.2 Å². The van der Waals surface area contributed by atoms with Crippen LogP contribution < -0.4 is 20.1 Å². The lowest BCUT2D eigenvalue weighted by atomic mass is 9.85. The summed E-state index contributed by atoms with van der Waals surface area (Å²) >= 11 is 6.18. The molecular formula is C21H20ClN3O5. The van der Waals surface area contributed by atoms with Crippen molar-refractivity contribution < 1.29 is 23.9 Å². The number of benzene rings is 2. The molecule has 1 unspecified atom stereocenters. The van der Waals surface area contributed by atoms with Crippen molar-refractivity contribution in [2.45, 2.75) is 25.3 Å². The maximum atomic E-state index is 13.2. The number of halogens is 1. The topological polar surface area (TPSA) is 97.0 Å². The molecule has 1 atom stereocenters. The lowest BCUT2D eigenvalue weighted by Gasteiger charge is -2.26. The number of carbonyl (C=O) groups is 3. The van der Waals surface area contributed by atoms with E-state index in [-0.39, 0.29) is 11.8 Å². The standard InChI is InChI=1S/C21H20ClN3O5/c1-2-8-21(13-6-4-3-5-7-13)19(27)25(20(28)24-21)11-18(26)23-15-10-17-16(9-14(15)22)29-12-30-17/h3-7,9-10H,2,8,11-12H2,1H3,(H,23,26)(H,24,28). The van der Waals surface area contributed by atoms with E-state index >= 15 is 0 Å². The van der Waals surface area contributed by atoms with E-state index in [9.17, 15) is 14.4 Å². The zero-order valence-electron chi connectivity index (χ0n) is 16.2. The number of rotatable bonds is 6. The number of hydrogen-bond donors (Lipinski definition) is 2. The molecule has 0 aliphatic carbocycles. The average molecular weight is 430 g/mol. The monoisotopic (exact) mass is 429 g/mol. The van der Waals surface area contributed by atoms with E-state index in [0.29, 0.717) is 35.6 Å². The Hall–Kier alpha value is -3.26. The molecule has 0 radical (unpaired) electrons. The summed E-state index contributed by atoms with van der Waals surface area (Å²) in [6.07, 6.45) is 1.10. The number of anilines is 1. The molecule has 1 saturated heterocycles. The van der Waals surface area contributed by atoms with Gasteiger partial charge in [0.15, 0.2) is 11.5 Å². The van der Waals surface area contributed by atoms with E-state index in [0.717, 1.165) is 4.90 Å². The Morgan fingerprint density at radius 1 is 1.20 bits per heavy atom. The SMILES string of the molecule is CCCC1(c2ccccc2)NC(=O)N(CC(=O)Nc2cc3c(cc2Cl)OCO3)C1=O. The summed E-state index contributed by atoms with van der Waals surface area (Å²) in [5.74, 6) is -0.0675. The lowest BCUT2D eigenvalue weighted by Crippen LogP contribution is -2.44. The Bertz CT molecular complexity index is 1010. The van der Waals surface area contributed by atoms with Crippen LogP contribution in [0.4, 0.5) is 10.5 Å². The van der Waals surface area contributed by atoms with E-state index in [1.807, 2.05) is 25.1 Å². The van der Waals surface area contributed by atoms with Crippen molar-refractivity contribution >= 4 is 35.1 Å². The van der Waals surface area contributed by atoms with Gasteiger partial charge in [0.1, 0.15) is 12.1 Å². The zero-order valence-corrected chi connectivity index (χ0v) is 17.0. The average Bonchev–Trinajstić information content (AvgIpc) is 3.27. The minimum Gasteiger partial charge on any atom is -0.454 e. The third-order valence-electron chi connectivity index (χ3n) is 5.11. The molecule has 4 amide bonds. The van der Waals surface area contributed by atoms with E-state index in [1.54, 1.807) is 18.2 Å². The van der Waals surface area contributed by atoms with Gasteiger partial charge in [-0.1, -0.05) is 55.3 Å². The molecule has 2 aliphatic heterocycles. The fourth-order valence-corrected chi connectivity index (χ4v) is 3.92. The van der Waals surface area contributed by atoms with Gasteiger partial charge in [0.05, 0.1) is 10.7 Å². The number of imide groups is 1. The Morgan fingerprint density at radius 3 is 2.60 bits per heavy atom. The highest BCUT2D eigenvalue weighted by Gasteiger charge is 2.52. The van der Waals surface area contributed by atoms with Gasteiger partial charge in [0.2, 0.25) is 12.7 Å². The summed E-state index contributed by atoms with van der Waals surface area (Å²) in [5, 5.41) is 5.68. The second kappa shape index (κ2) is 7.87. The summed E-state index contributed by atoms with van der Waals surface area (Å²) in [7, 11) is 0. The minimum atomic E-state index is -1.18. The van der Waals surface area contributed by atoms with Gasteiger partial charge in [-0.25, -0.2) is 4.79 Å². The van der Waals surface area contributed by atoms with Gasteiger partial charge in [-0.15, -0.1) is 0 Å². The van der Waals surface area contributed by atoms with E-state index in [2.05, 4.69) is 10.6 Å². The Morgan fingerprint density at radius 2 is 1.90 bits per heavy atom. The molecule has 30 heavy (non-hydrogen) atoms. The molecule has 9 heteroatoms. The van der Waals surface area contributed by atoms with Crippen molar-refractivity contribution in [2.75, 3.05) is 18.7 Å². The first kappa shape index (κ1) is 20.0. The summed E-state index contributed by atoms with van der Waals surface area (Å²) in [5.41, 5.74) is -0.184. The molecule has 156 valence electrons. The number of fused-ring (bicyclic) bond motifs is 1. The van der Waals surface area contributed by atoms with Crippen molar-refractivity contribution in [2.24, 2.45) is 0 Å². The van der Waals surface area contributed by atoms with E-state index in [1.165, 1.54) is 6.07 Å². The molecule has 8 nitrogen and oxygen atoms in total. The lowest BCUT2D eigenvalue weighted by molar-refractivity contribution is -0.134. The largest absolute Gasteiger partial charge is 0.454 e. The second-order valence-corrected chi connectivity index (χ2v) is 7.48. The van der Waals surface area contributed by atoms with Crippen LogP contribution in [0.3, 0.4) is 0 Å². The second-order valence-electron chi connectivity index (χ2n) is 7.08. The molecule has 1 fully saturated rings. The number of amides is 4. The van der Waals surface area contributed by atoms with Gasteiger partial charge in [-0.05, 0) is 12.0 Å². The van der Waals surface area contributed by atoms with Crippen LogP contribution in [0.2, 0.25) is 5.02 Å². The molecule has 0 bridgehead atoms. The van der Waals surface area contributed by atoms with Crippen molar-refractivity contribution in [3.63, 3.8) is 0 Å². The van der Waals surface area contributed by atoms with Crippen molar-refractivity contribution in [1.29, 1.82) is 0 Å². The number of urea groups is 1. The fourth-order valence-electron chi connectivity index (χ4n) is 3.72. The molecule has 2 aliphatic rings. The summed E-state index contributed by atoms with van der Waals surface area (Å²) in [4.78, 5) is 39.4. The van der Waals surface area contributed by atoms with Crippen LogP contribution in [-0.2, 0) is 15.1 Å². The molecule has 2 N–H and O–H groups in total. The van der Waals surface area contributed by atoms with E-state index < -0.39 is 29.9 Å². The predicted octanol–water partition coefficient (Wildman–Crippen LogP) is 3.25. The molecule has 0 saturated carbocycles. The van der Waals surface area contributed by atoms with Gasteiger partial charge in [0, 0.05) is 12.1 Å². The number of carbonyl (C=O) groups excluding carboxylic acids is 3. The normalized spacial score (nSPS) is 19.7. The van der Waals surface area contributed by atoms with Crippen molar-refractivity contribution in [3.8, 4) is 11.5 Å². The first-order chi connectivity index (χ1) is 14.4. The number of nitrogens with zero attached hydrogens (tertiary/aromatic N) is 1. The number of hydrogen-bond acceptors (Lipinski definition) is 5. The molecule has 2 heterocycles. The van der Waals surface area contributed by atoms with Crippen LogP contribution >= 0.6 is 11.6 Å². The van der Waals surface area contributed by atoms with Crippen molar-refractivity contribution in [3.05, 3.63) is 53.1 Å². The smallest absolute Gasteiger partial charge is 0.325 e. The minimum absolute atomic E-state index is 0.0739. The highest BCUT2D eigenvalue weighted by Crippen LogP contribution is 2.39. The summed E-state index contributed by atoms with van der Waals surface area (Å²) < 4.78 is 10.5.